The normalized spacial score (nSPS) is 20.4. The molecule has 1 aromatic heterocycles. The van der Waals surface area contributed by atoms with E-state index in [1.807, 2.05) is 0 Å². The first-order chi connectivity index (χ1) is 10.5. The van der Waals surface area contributed by atoms with Crippen LogP contribution in [0.4, 0.5) is 14.6 Å². The summed E-state index contributed by atoms with van der Waals surface area (Å²) in [6.07, 6.45) is -0.235. The molecule has 1 saturated heterocycles. The molecule has 2 aliphatic rings. The summed E-state index contributed by atoms with van der Waals surface area (Å²) in [4.78, 5) is 17.2. The largest absolute Gasteiger partial charge is 0.484 e. The molecule has 22 heavy (non-hydrogen) atoms. The second-order valence-corrected chi connectivity index (χ2v) is 5.36. The first-order valence-corrected chi connectivity index (χ1v) is 7.13. The van der Waals surface area contributed by atoms with Gasteiger partial charge in [-0.05, 0) is 6.42 Å². The van der Waals surface area contributed by atoms with Gasteiger partial charge in [0.05, 0.1) is 0 Å². The zero-order valence-corrected chi connectivity index (χ0v) is 11.8. The minimum Gasteiger partial charge on any atom is -0.484 e. The van der Waals surface area contributed by atoms with Crippen LogP contribution in [-0.4, -0.2) is 48.3 Å². The van der Waals surface area contributed by atoms with Crippen molar-refractivity contribution in [2.24, 2.45) is 0 Å². The van der Waals surface area contributed by atoms with Crippen LogP contribution in [0.15, 0.2) is 6.07 Å². The van der Waals surface area contributed by atoms with E-state index in [4.69, 9.17) is 9.47 Å². The minimum atomic E-state index is -2.72. The van der Waals surface area contributed by atoms with Crippen LogP contribution in [0.25, 0.3) is 0 Å². The number of rotatable bonds is 2. The van der Waals surface area contributed by atoms with Crippen molar-refractivity contribution < 1.29 is 28.2 Å². The van der Waals surface area contributed by atoms with E-state index in [1.165, 1.54) is 6.07 Å². The Morgan fingerprint density at radius 2 is 2.05 bits per heavy atom. The van der Waals surface area contributed by atoms with Crippen LogP contribution in [-0.2, 0) is 0 Å². The van der Waals surface area contributed by atoms with Crippen LogP contribution in [0.1, 0.15) is 29.6 Å². The highest BCUT2D eigenvalue weighted by atomic mass is 19.3. The Kier molecular flexibility index (Phi) is 3.76. The number of carboxylic acid groups (broad SMARTS) is 1. The topological polar surface area (TPSA) is 71.9 Å². The number of anilines is 1. The van der Waals surface area contributed by atoms with Crippen molar-refractivity contribution in [1.29, 1.82) is 0 Å². The number of nitrogens with zero attached hydrogens (tertiary/aromatic N) is 2. The molecule has 0 saturated carbocycles. The summed E-state index contributed by atoms with van der Waals surface area (Å²) in [6, 6.07) is 1.35. The van der Waals surface area contributed by atoms with Gasteiger partial charge in [0.15, 0.2) is 5.75 Å². The Morgan fingerprint density at radius 1 is 1.27 bits per heavy atom. The van der Waals surface area contributed by atoms with E-state index in [9.17, 15) is 18.7 Å². The third-order valence-corrected chi connectivity index (χ3v) is 3.76. The SMILES string of the molecule is O=C(O)c1cc2c(nc1N1CCCC(F)(F)CC1)OCCO2. The Morgan fingerprint density at radius 3 is 2.82 bits per heavy atom. The molecular weight excluding hydrogens is 298 g/mol. The molecule has 1 aromatic rings. The molecule has 3 heterocycles. The lowest BCUT2D eigenvalue weighted by Gasteiger charge is -2.26. The fourth-order valence-electron chi connectivity index (χ4n) is 2.64. The van der Waals surface area contributed by atoms with Crippen molar-refractivity contribution >= 4 is 11.8 Å². The Hall–Kier alpha value is -2.12. The van der Waals surface area contributed by atoms with Crippen molar-refractivity contribution in [1.82, 2.24) is 4.98 Å². The number of alkyl halides is 2. The molecule has 2 aliphatic heterocycles. The molecule has 0 atom stereocenters. The molecular formula is C14H16F2N2O4. The van der Waals surface area contributed by atoms with Gasteiger partial charge >= 0.3 is 5.97 Å². The quantitative estimate of drug-likeness (QED) is 0.902. The number of hydrogen-bond acceptors (Lipinski definition) is 5. The van der Waals surface area contributed by atoms with E-state index < -0.39 is 11.9 Å². The van der Waals surface area contributed by atoms with E-state index in [0.29, 0.717) is 19.8 Å². The number of aromatic carboxylic acids is 1. The van der Waals surface area contributed by atoms with Crippen LogP contribution in [0.5, 0.6) is 11.6 Å². The fraction of sp³-hybridized carbons (Fsp3) is 0.571. The summed E-state index contributed by atoms with van der Waals surface area (Å²) >= 11 is 0. The summed E-state index contributed by atoms with van der Waals surface area (Å²) in [5, 5.41) is 9.36. The predicted molar refractivity (Wildman–Crippen MR) is 73.2 cm³/mol. The summed E-state index contributed by atoms with van der Waals surface area (Å²) in [5.41, 5.74) is -0.0607. The lowest BCUT2D eigenvalue weighted by Crippen LogP contribution is -2.29. The Bertz CT molecular complexity index is 594. The van der Waals surface area contributed by atoms with Crippen molar-refractivity contribution in [2.75, 3.05) is 31.2 Å². The van der Waals surface area contributed by atoms with Crippen molar-refractivity contribution in [3.05, 3.63) is 11.6 Å². The number of fused-ring (bicyclic) bond motifs is 1. The molecule has 8 heteroatoms. The second kappa shape index (κ2) is 5.58. The molecule has 120 valence electrons. The third-order valence-electron chi connectivity index (χ3n) is 3.76. The number of hydrogen-bond donors (Lipinski definition) is 1. The number of ether oxygens (including phenoxy) is 2. The maximum Gasteiger partial charge on any atom is 0.339 e. The molecule has 0 radical (unpaired) electrons. The Balaban J connectivity index is 1.96. The molecule has 3 rings (SSSR count). The summed E-state index contributed by atoms with van der Waals surface area (Å²) in [5.74, 6) is -3.24. The van der Waals surface area contributed by atoms with Gasteiger partial charge in [0.1, 0.15) is 24.6 Å². The molecule has 6 nitrogen and oxygen atoms in total. The van der Waals surface area contributed by atoms with Gasteiger partial charge in [0, 0.05) is 32.0 Å². The molecule has 0 spiro atoms. The maximum absolute atomic E-state index is 13.5. The zero-order chi connectivity index (χ0) is 15.7. The van der Waals surface area contributed by atoms with Crippen LogP contribution in [0, 0.1) is 0 Å². The number of halogens is 2. The van der Waals surface area contributed by atoms with Gasteiger partial charge in [-0.15, -0.1) is 0 Å². The smallest absolute Gasteiger partial charge is 0.339 e. The first-order valence-electron chi connectivity index (χ1n) is 7.13. The number of pyridine rings is 1. The molecule has 1 N–H and O–H groups in total. The predicted octanol–water partition coefficient (Wildman–Crippen LogP) is 2.18. The lowest BCUT2D eigenvalue weighted by molar-refractivity contribution is -0.0102. The molecule has 0 aliphatic carbocycles. The minimum absolute atomic E-state index is 0.0555. The van der Waals surface area contributed by atoms with Crippen LogP contribution < -0.4 is 14.4 Å². The monoisotopic (exact) mass is 314 g/mol. The van der Waals surface area contributed by atoms with Crippen LogP contribution in [0.3, 0.4) is 0 Å². The highest BCUT2D eigenvalue weighted by Crippen LogP contribution is 2.36. The Labute approximate surface area is 125 Å². The van der Waals surface area contributed by atoms with Gasteiger partial charge < -0.3 is 19.5 Å². The fourth-order valence-corrected chi connectivity index (χ4v) is 2.64. The number of aromatic nitrogens is 1. The number of carbonyl (C=O) groups is 1. The van der Waals surface area contributed by atoms with Gasteiger partial charge in [-0.25, -0.2) is 13.6 Å². The molecule has 0 bridgehead atoms. The zero-order valence-electron chi connectivity index (χ0n) is 11.8. The van der Waals surface area contributed by atoms with Gasteiger partial charge in [-0.3, -0.25) is 0 Å². The van der Waals surface area contributed by atoms with Crippen molar-refractivity contribution in [3.8, 4) is 11.6 Å². The van der Waals surface area contributed by atoms with E-state index in [1.54, 1.807) is 4.90 Å². The van der Waals surface area contributed by atoms with Crippen molar-refractivity contribution in [2.45, 2.75) is 25.2 Å². The van der Waals surface area contributed by atoms with Crippen LogP contribution >= 0.6 is 0 Å². The average Bonchev–Trinajstić information content (AvgIpc) is 2.66. The van der Waals surface area contributed by atoms with Crippen LogP contribution in [0.2, 0.25) is 0 Å². The highest BCUT2D eigenvalue weighted by Gasteiger charge is 2.33. The second-order valence-electron chi connectivity index (χ2n) is 5.36. The summed E-state index contributed by atoms with van der Waals surface area (Å²) < 4.78 is 37.6. The lowest BCUT2D eigenvalue weighted by atomic mass is 10.1. The van der Waals surface area contributed by atoms with Gasteiger partial charge in [0.2, 0.25) is 5.92 Å². The molecule has 0 aromatic carbocycles. The van der Waals surface area contributed by atoms with E-state index >= 15 is 0 Å². The molecule has 0 amide bonds. The van der Waals surface area contributed by atoms with E-state index in [-0.39, 0.29) is 48.8 Å². The number of carboxylic acids is 1. The van der Waals surface area contributed by atoms with Gasteiger partial charge in [0.25, 0.3) is 5.88 Å². The van der Waals surface area contributed by atoms with E-state index in [2.05, 4.69) is 4.98 Å². The maximum atomic E-state index is 13.5. The van der Waals surface area contributed by atoms with Crippen molar-refractivity contribution in [3.63, 3.8) is 0 Å². The summed E-state index contributed by atoms with van der Waals surface area (Å²) in [7, 11) is 0. The van der Waals surface area contributed by atoms with E-state index in [0.717, 1.165) is 0 Å². The average molecular weight is 314 g/mol. The van der Waals surface area contributed by atoms with Gasteiger partial charge in [-0.2, -0.15) is 4.98 Å². The summed E-state index contributed by atoms with van der Waals surface area (Å²) in [6.45, 7) is 1.04. The first kappa shape index (κ1) is 14.8. The third kappa shape index (κ3) is 2.90. The standard InChI is InChI=1S/C14H16F2N2O4/c15-14(16)2-1-4-18(5-3-14)11-9(13(19)20)8-10-12(17-11)22-7-6-21-10/h8H,1-7H2,(H,19,20). The molecule has 1 fully saturated rings. The molecule has 0 unspecified atom stereocenters. The van der Waals surface area contributed by atoms with Gasteiger partial charge in [-0.1, -0.05) is 0 Å². The highest BCUT2D eigenvalue weighted by molar-refractivity contribution is 5.94.